The van der Waals surface area contributed by atoms with Gasteiger partial charge in [-0.2, -0.15) is 0 Å². The molecule has 1 atom stereocenters. The normalized spacial score (nSPS) is 16.4. The fourth-order valence-electron chi connectivity index (χ4n) is 2.64. The van der Waals surface area contributed by atoms with Crippen molar-refractivity contribution >= 4 is 52.5 Å². The summed E-state index contributed by atoms with van der Waals surface area (Å²) in [5.41, 5.74) is 6.20. The molecule has 1 aliphatic heterocycles. The molecule has 0 bridgehead atoms. The summed E-state index contributed by atoms with van der Waals surface area (Å²) in [4.78, 5) is 41.7. The molecular formula is C18H16Cl2N4O4. The summed E-state index contributed by atoms with van der Waals surface area (Å²) in [5.74, 6) is -0.998. The highest BCUT2D eigenvalue weighted by atomic mass is 35.5. The Bertz CT molecular complexity index is 920. The summed E-state index contributed by atoms with van der Waals surface area (Å²) in [6.45, 7) is 1.97. The Morgan fingerprint density at radius 2 is 2.00 bits per heavy atom. The number of esters is 1. The summed E-state index contributed by atoms with van der Waals surface area (Å²) in [5, 5.41) is 0.642. The molecule has 1 aliphatic rings. The number of nitrogens with zero attached hydrogens (tertiary/aromatic N) is 2. The van der Waals surface area contributed by atoms with Gasteiger partial charge in [0.1, 0.15) is 6.04 Å². The third-order valence-corrected chi connectivity index (χ3v) is 4.45. The summed E-state index contributed by atoms with van der Waals surface area (Å²) < 4.78 is 4.91. The summed E-state index contributed by atoms with van der Waals surface area (Å²) in [6.07, 6.45) is 1.35. The van der Waals surface area contributed by atoms with Crippen molar-refractivity contribution in [2.24, 2.45) is 0 Å². The monoisotopic (exact) mass is 422 g/mol. The van der Waals surface area contributed by atoms with Gasteiger partial charge in [-0.3, -0.25) is 9.59 Å². The van der Waals surface area contributed by atoms with Crippen LogP contribution in [0.25, 0.3) is 0 Å². The van der Waals surface area contributed by atoms with Gasteiger partial charge in [0.2, 0.25) is 5.91 Å². The number of halogens is 2. The first-order valence-corrected chi connectivity index (χ1v) is 9.13. The van der Waals surface area contributed by atoms with Gasteiger partial charge in [0.25, 0.3) is 5.91 Å². The number of carbonyl (C=O) groups excluding carboxylic acids is 3. The average molecular weight is 423 g/mol. The number of rotatable bonds is 6. The number of pyridine rings is 1. The zero-order chi connectivity index (χ0) is 20.3. The first-order valence-electron chi connectivity index (χ1n) is 8.37. The molecule has 1 fully saturated rings. The highest BCUT2D eigenvalue weighted by Gasteiger charge is 2.39. The number of hydrogen-bond donors (Lipinski definition) is 2. The van der Waals surface area contributed by atoms with E-state index in [-0.39, 0.29) is 29.8 Å². The van der Waals surface area contributed by atoms with Crippen molar-refractivity contribution in [1.82, 2.24) is 10.4 Å². The zero-order valence-corrected chi connectivity index (χ0v) is 16.3. The van der Waals surface area contributed by atoms with Gasteiger partial charge >= 0.3 is 5.97 Å². The second kappa shape index (κ2) is 8.55. The van der Waals surface area contributed by atoms with Crippen LogP contribution in [0.3, 0.4) is 0 Å². The molecule has 2 heterocycles. The molecule has 1 aromatic carbocycles. The lowest BCUT2D eigenvalue weighted by Crippen LogP contribution is -2.41. The number of anilines is 2. The maximum absolute atomic E-state index is 12.6. The van der Waals surface area contributed by atoms with Crippen LogP contribution in [0.15, 0.2) is 36.5 Å². The number of aromatic nitrogens is 1. The number of nitrogens with one attached hydrogen (secondary N) is 2. The first kappa shape index (κ1) is 20.1. The van der Waals surface area contributed by atoms with Crippen LogP contribution >= 0.6 is 23.2 Å². The highest BCUT2D eigenvalue weighted by molar-refractivity contribution is 6.36. The number of hydrogen-bond acceptors (Lipinski definition) is 7. The molecule has 2 N–H and O–H groups in total. The van der Waals surface area contributed by atoms with E-state index >= 15 is 0 Å². The van der Waals surface area contributed by atoms with Gasteiger partial charge in [-0.15, -0.1) is 0 Å². The van der Waals surface area contributed by atoms with E-state index in [4.69, 9.17) is 27.9 Å². The molecule has 146 valence electrons. The molecular weight excluding hydrogens is 407 g/mol. The molecule has 8 nitrogen and oxygen atoms in total. The lowest BCUT2D eigenvalue weighted by molar-refractivity contribution is -0.121. The van der Waals surface area contributed by atoms with Gasteiger partial charge in [-0.25, -0.2) is 20.1 Å². The number of imide groups is 1. The lowest BCUT2D eigenvalue weighted by Gasteiger charge is -2.16. The fraction of sp³-hybridized carbons (Fsp3) is 0.222. The smallest absolute Gasteiger partial charge is 0.338 e. The minimum atomic E-state index is -0.800. The minimum Gasteiger partial charge on any atom is -0.462 e. The van der Waals surface area contributed by atoms with Crippen molar-refractivity contribution in [1.29, 1.82) is 0 Å². The topological polar surface area (TPSA) is 101 Å². The van der Waals surface area contributed by atoms with Crippen molar-refractivity contribution in [3.8, 4) is 0 Å². The molecule has 0 saturated carbocycles. The van der Waals surface area contributed by atoms with Gasteiger partial charge in [0.15, 0.2) is 5.82 Å². The molecule has 0 aliphatic carbocycles. The van der Waals surface area contributed by atoms with Crippen LogP contribution < -0.4 is 15.8 Å². The van der Waals surface area contributed by atoms with Gasteiger partial charge in [-0.05, 0) is 37.3 Å². The number of hydrazine groups is 1. The van der Waals surface area contributed by atoms with Crippen LogP contribution in [0.5, 0.6) is 0 Å². The second-order valence-corrected chi connectivity index (χ2v) is 6.69. The van der Waals surface area contributed by atoms with Crippen molar-refractivity contribution in [2.75, 3.05) is 16.9 Å². The quantitative estimate of drug-likeness (QED) is 0.419. The van der Waals surface area contributed by atoms with E-state index in [2.05, 4.69) is 15.8 Å². The average Bonchev–Trinajstić information content (AvgIpc) is 2.95. The molecule has 0 radical (unpaired) electrons. The number of amides is 2. The van der Waals surface area contributed by atoms with Crippen LogP contribution in [-0.2, 0) is 14.3 Å². The SMILES string of the molecule is CCOC(=O)c1ccc(N2C(=O)CC(NNc3ncc(Cl)cc3Cl)C2=O)cc1. The largest absolute Gasteiger partial charge is 0.462 e. The Balaban J connectivity index is 1.68. The Morgan fingerprint density at radius 3 is 2.64 bits per heavy atom. The maximum Gasteiger partial charge on any atom is 0.338 e. The summed E-state index contributed by atoms with van der Waals surface area (Å²) in [6, 6.07) is 6.75. The molecule has 1 unspecified atom stereocenters. The third-order valence-electron chi connectivity index (χ3n) is 3.96. The van der Waals surface area contributed by atoms with Crippen LogP contribution in [0, 0.1) is 0 Å². The van der Waals surface area contributed by atoms with Crippen molar-refractivity contribution in [3.63, 3.8) is 0 Å². The van der Waals surface area contributed by atoms with Crippen LogP contribution in [0.2, 0.25) is 10.0 Å². The van der Waals surface area contributed by atoms with Gasteiger partial charge < -0.3 is 10.2 Å². The van der Waals surface area contributed by atoms with E-state index in [0.717, 1.165) is 4.90 Å². The zero-order valence-electron chi connectivity index (χ0n) is 14.7. The van der Waals surface area contributed by atoms with E-state index < -0.39 is 17.9 Å². The minimum absolute atomic E-state index is 0.0450. The van der Waals surface area contributed by atoms with E-state index in [1.54, 1.807) is 6.92 Å². The molecule has 1 saturated heterocycles. The van der Waals surface area contributed by atoms with E-state index in [1.807, 2.05) is 0 Å². The Labute approximate surface area is 170 Å². The van der Waals surface area contributed by atoms with Gasteiger partial charge in [-0.1, -0.05) is 23.2 Å². The second-order valence-electron chi connectivity index (χ2n) is 5.84. The molecule has 3 rings (SSSR count). The standard InChI is InChI=1S/C18H16Cl2N4O4/c1-2-28-18(27)10-3-5-12(6-4-10)24-15(25)8-14(17(24)26)22-23-16-13(20)7-11(19)9-21-16/h3-7,9,14,22H,2,8H2,1H3,(H,21,23). The fourth-order valence-corrected chi connectivity index (χ4v) is 3.07. The lowest BCUT2D eigenvalue weighted by atomic mass is 10.2. The highest BCUT2D eigenvalue weighted by Crippen LogP contribution is 2.25. The van der Waals surface area contributed by atoms with Gasteiger partial charge in [0, 0.05) is 6.20 Å². The number of carbonyl (C=O) groups is 3. The Kier molecular flexibility index (Phi) is 6.13. The Morgan fingerprint density at radius 1 is 1.29 bits per heavy atom. The Hall–Kier alpha value is -2.68. The molecule has 0 spiro atoms. The van der Waals surface area contributed by atoms with Crippen LogP contribution in [-0.4, -0.2) is 35.4 Å². The predicted octanol–water partition coefficient (Wildman–Crippen LogP) is 2.81. The summed E-state index contributed by atoms with van der Waals surface area (Å²) >= 11 is 11.8. The van der Waals surface area contributed by atoms with Crippen LogP contribution in [0.1, 0.15) is 23.7 Å². The molecule has 1 aromatic heterocycles. The summed E-state index contributed by atoms with van der Waals surface area (Å²) in [7, 11) is 0. The van der Waals surface area contributed by atoms with E-state index in [1.165, 1.54) is 36.5 Å². The van der Waals surface area contributed by atoms with Crippen molar-refractivity contribution < 1.29 is 19.1 Å². The van der Waals surface area contributed by atoms with Crippen molar-refractivity contribution in [2.45, 2.75) is 19.4 Å². The number of benzene rings is 1. The van der Waals surface area contributed by atoms with Crippen LogP contribution in [0.4, 0.5) is 11.5 Å². The molecule has 28 heavy (non-hydrogen) atoms. The maximum atomic E-state index is 12.6. The van der Waals surface area contributed by atoms with E-state index in [0.29, 0.717) is 16.3 Å². The first-order chi connectivity index (χ1) is 13.4. The van der Waals surface area contributed by atoms with Gasteiger partial charge in [0.05, 0.1) is 34.3 Å². The van der Waals surface area contributed by atoms with Crippen molar-refractivity contribution in [3.05, 3.63) is 52.1 Å². The third kappa shape index (κ3) is 4.24. The molecule has 2 aromatic rings. The number of ether oxygens (including phenoxy) is 1. The molecule has 10 heteroatoms. The van der Waals surface area contributed by atoms with E-state index in [9.17, 15) is 14.4 Å². The predicted molar refractivity (Wildman–Crippen MR) is 104 cm³/mol. The molecule has 2 amide bonds.